The second kappa shape index (κ2) is 9.41. The summed E-state index contributed by atoms with van der Waals surface area (Å²) in [4.78, 5) is 14.0. The number of halogens is 1. The number of nitrogens with one attached hydrogen (secondary N) is 1. The van der Waals surface area contributed by atoms with E-state index in [4.69, 9.17) is 4.74 Å². The summed E-state index contributed by atoms with van der Waals surface area (Å²) in [5.41, 5.74) is 0.786. The Labute approximate surface area is 175 Å². The second-order valence-electron chi connectivity index (χ2n) is 6.50. The van der Waals surface area contributed by atoms with Crippen LogP contribution in [0.3, 0.4) is 0 Å². The minimum absolute atomic E-state index is 0.0495. The molecule has 30 heavy (non-hydrogen) atoms. The molecule has 0 heterocycles. The first-order valence-corrected chi connectivity index (χ1v) is 10.7. The lowest BCUT2D eigenvalue weighted by Crippen LogP contribution is -2.31. The molecule has 0 fully saturated rings. The summed E-state index contributed by atoms with van der Waals surface area (Å²) in [5, 5.41) is 0. The largest absolute Gasteiger partial charge is 0.489 e. The molecule has 8 heteroatoms. The SMILES string of the molecule is CN(CCOc1ccccc1F)C(=O)c1ccc(S(=O)(=O)Nc2ccccc2)cc1. The van der Waals surface area contributed by atoms with E-state index < -0.39 is 15.8 Å². The summed E-state index contributed by atoms with van der Waals surface area (Å²) in [5.74, 6) is -0.640. The number of carbonyl (C=O) groups excluding carboxylic acids is 1. The van der Waals surface area contributed by atoms with Crippen LogP contribution in [0.2, 0.25) is 0 Å². The fraction of sp³-hybridized carbons (Fsp3) is 0.136. The van der Waals surface area contributed by atoms with Gasteiger partial charge in [0.15, 0.2) is 11.6 Å². The molecule has 0 aliphatic heterocycles. The Bertz CT molecular complexity index is 1100. The first-order chi connectivity index (χ1) is 14.4. The Morgan fingerprint density at radius 2 is 1.60 bits per heavy atom. The minimum atomic E-state index is -3.76. The van der Waals surface area contributed by atoms with Crippen LogP contribution >= 0.6 is 0 Å². The Hall–Kier alpha value is -3.39. The van der Waals surface area contributed by atoms with Crippen molar-refractivity contribution in [3.63, 3.8) is 0 Å². The molecule has 3 rings (SSSR count). The van der Waals surface area contributed by atoms with Gasteiger partial charge in [0, 0.05) is 18.3 Å². The average Bonchev–Trinajstić information content (AvgIpc) is 2.75. The maximum Gasteiger partial charge on any atom is 0.261 e. The molecule has 3 aromatic rings. The number of hydrogen-bond acceptors (Lipinski definition) is 4. The maximum absolute atomic E-state index is 13.5. The van der Waals surface area contributed by atoms with E-state index in [0.29, 0.717) is 11.3 Å². The molecule has 1 N–H and O–H groups in total. The summed E-state index contributed by atoms with van der Waals surface area (Å²) in [7, 11) is -2.16. The Morgan fingerprint density at radius 1 is 0.967 bits per heavy atom. The molecular weight excluding hydrogens is 407 g/mol. The van der Waals surface area contributed by atoms with Crippen molar-refractivity contribution < 1.29 is 22.3 Å². The molecule has 0 saturated heterocycles. The molecule has 0 aromatic heterocycles. The summed E-state index contributed by atoms with van der Waals surface area (Å²) < 4.78 is 46.3. The molecule has 0 saturated carbocycles. The highest BCUT2D eigenvalue weighted by Gasteiger charge is 2.17. The van der Waals surface area contributed by atoms with Crippen molar-refractivity contribution >= 4 is 21.6 Å². The molecular formula is C22H21FN2O4S. The van der Waals surface area contributed by atoms with Crippen LogP contribution in [0.4, 0.5) is 10.1 Å². The topological polar surface area (TPSA) is 75.7 Å². The minimum Gasteiger partial charge on any atom is -0.489 e. The molecule has 0 bridgehead atoms. The number of nitrogens with zero attached hydrogens (tertiary/aromatic N) is 1. The lowest BCUT2D eigenvalue weighted by atomic mass is 10.2. The van der Waals surface area contributed by atoms with Crippen LogP contribution in [0.5, 0.6) is 5.75 Å². The Morgan fingerprint density at radius 3 is 2.27 bits per heavy atom. The molecule has 0 atom stereocenters. The highest BCUT2D eigenvalue weighted by molar-refractivity contribution is 7.92. The summed E-state index contributed by atoms with van der Waals surface area (Å²) in [6.07, 6.45) is 0. The number of likely N-dealkylation sites (N-methyl/N-ethyl adjacent to an activating group) is 1. The highest BCUT2D eigenvalue weighted by Crippen LogP contribution is 2.17. The number of sulfonamides is 1. The van der Waals surface area contributed by atoms with Gasteiger partial charge in [-0.15, -0.1) is 0 Å². The fourth-order valence-corrected chi connectivity index (χ4v) is 3.73. The molecule has 0 radical (unpaired) electrons. The highest BCUT2D eigenvalue weighted by atomic mass is 32.2. The van der Waals surface area contributed by atoms with Gasteiger partial charge in [0.05, 0.1) is 11.4 Å². The fourth-order valence-electron chi connectivity index (χ4n) is 2.67. The first kappa shape index (κ1) is 21.3. The van der Waals surface area contributed by atoms with Gasteiger partial charge in [0.1, 0.15) is 6.61 Å². The Balaban J connectivity index is 1.59. The van der Waals surface area contributed by atoms with E-state index >= 15 is 0 Å². The number of ether oxygens (including phenoxy) is 1. The van der Waals surface area contributed by atoms with E-state index in [0.717, 1.165) is 0 Å². The van der Waals surface area contributed by atoms with Crippen LogP contribution in [0.15, 0.2) is 83.8 Å². The summed E-state index contributed by atoms with van der Waals surface area (Å²) in [6.45, 7) is 0.361. The van der Waals surface area contributed by atoms with Crippen LogP contribution in [0.1, 0.15) is 10.4 Å². The third kappa shape index (κ3) is 5.36. The lowest BCUT2D eigenvalue weighted by Gasteiger charge is -2.18. The van der Waals surface area contributed by atoms with E-state index in [9.17, 15) is 17.6 Å². The number of rotatable bonds is 8. The number of benzene rings is 3. The van der Waals surface area contributed by atoms with E-state index in [1.54, 1.807) is 49.5 Å². The monoisotopic (exact) mass is 428 g/mol. The van der Waals surface area contributed by atoms with Crippen molar-refractivity contribution in [2.24, 2.45) is 0 Å². The van der Waals surface area contributed by atoms with Crippen LogP contribution in [0.25, 0.3) is 0 Å². The number of amides is 1. The van der Waals surface area contributed by atoms with Crippen LogP contribution < -0.4 is 9.46 Å². The van der Waals surface area contributed by atoms with E-state index in [-0.39, 0.29) is 29.7 Å². The lowest BCUT2D eigenvalue weighted by molar-refractivity contribution is 0.0773. The van der Waals surface area contributed by atoms with Crippen LogP contribution in [-0.4, -0.2) is 39.4 Å². The van der Waals surface area contributed by atoms with Crippen molar-refractivity contribution in [2.45, 2.75) is 4.90 Å². The molecule has 0 spiro atoms. The molecule has 0 unspecified atom stereocenters. The van der Waals surface area contributed by atoms with Gasteiger partial charge >= 0.3 is 0 Å². The van der Waals surface area contributed by atoms with Gasteiger partial charge in [-0.3, -0.25) is 9.52 Å². The molecule has 6 nitrogen and oxygen atoms in total. The molecule has 0 aliphatic rings. The number of para-hydroxylation sites is 2. The maximum atomic E-state index is 13.5. The summed E-state index contributed by atoms with van der Waals surface area (Å²) in [6, 6.07) is 20.2. The summed E-state index contributed by atoms with van der Waals surface area (Å²) >= 11 is 0. The van der Waals surface area contributed by atoms with Gasteiger partial charge in [-0.1, -0.05) is 30.3 Å². The van der Waals surface area contributed by atoms with Gasteiger partial charge in [0.25, 0.3) is 15.9 Å². The number of hydrogen-bond donors (Lipinski definition) is 1. The van der Waals surface area contributed by atoms with Crippen molar-refractivity contribution in [3.8, 4) is 5.75 Å². The van der Waals surface area contributed by atoms with Crippen molar-refractivity contribution in [2.75, 3.05) is 24.9 Å². The van der Waals surface area contributed by atoms with Gasteiger partial charge in [-0.2, -0.15) is 0 Å². The smallest absolute Gasteiger partial charge is 0.261 e. The van der Waals surface area contributed by atoms with Crippen molar-refractivity contribution in [1.82, 2.24) is 4.90 Å². The normalized spacial score (nSPS) is 11.0. The zero-order valence-corrected chi connectivity index (χ0v) is 17.1. The van der Waals surface area contributed by atoms with E-state index in [1.165, 1.54) is 41.3 Å². The second-order valence-corrected chi connectivity index (χ2v) is 8.18. The van der Waals surface area contributed by atoms with Crippen molar-refractivity contribution in [1.29, 1.82) is 0 Å². The number of anilines is 1. The third-order valence-electron chi connectivity index (χ3n) is 4.31. The third-order valence-corrected chi connectivity index (χ3v) is 5.70. The van der Waals surface area contributed by atoms with Gasteiger partial charge in [0.2, 0.25) is 0 Å². The van der Waals surface area contributed by atoms with E-state index in [1.807, 2.05) is 0 Å². The number of carbonyl (C=O) groups is 1. The standard InChI is InChI=1S/C22H21FN2O4S/c1-25(15-16-29-21-10-6-5-9-20(21)23)22(26)17-11-13-19(14-12-17)30(27,28)24-18-7-3-2-4-8-18/h2-14,24H,15-16H2,1H3. The quantitative estimate of drug-likeness (QED) is 0.593. The zero-order valence-electron chi connectivity index (χ0n) is 16.3. The zero-order chi connectivity index (χ0) is 21.6. The predicted octanol–water partition coefficient (Wildman–Crippen LogP) is 3.78. The average molecular weight is 428 g/mol. The predicted molar refractivity (Wildman–Crippen MR) is 113 cm³/mol. The molecule has 3 aromatic carbocycles. The van der Waals surface area contributed by atoms with Gasteiger partial charge in [-0.25, -0.2) is 12.8 Å². The van der Waals surface area contributed by atoms with Gasteiger partial charge in [-0.05, 0) is 48.5 Å². The van der Waals surface area contributed by atoms with Gasteiger partial charge < -0.3 is 9.64 Å². The van der Waals surface area contributed by atoms with Crippen molar-refractivity contribution in [3.05, 3.63) is 90.2 Å². The molecule has 1 amide bonds. The Kier molecular flexibility index (Phi) is 6.68. The van der Waals surface area contributed by atoms with E-state index in [2.05, 4.69) is 4.72 Å². The van der Waals surface area contributed by atoms with Crippen LogP contribution in [-0.2, 0) is 10.0 Å². The molecule has 156 valence electrons. The first-order valence-electron chi connectivity index (χ1n) is 9.17. The van der Waals surface area contributed by atoms with Crippen LogP contribution in [0, 0.1) is 5.82 Å². The molecule has 0 aliphatic carbocycles.